The predicted molar refractivity (Wildman–Crippen MR) is 102 cm³/mol. The minimum Gasteiger partial charge on any atom is -0.396 e. The molecule has 5 atom stereocenters. The number of rotatable bonds is 9. The number of aromatic nitrogens is 4. The van der Waals surface area contributed by atoms with Gasteiger partial charge in [-0.15, -0.1) is 0 Å². The largest absolute Gasteiger partial charge is 0.490 e. The number of phosphoric ester groups is 1. The number of aliphatic hydroxyl groups excluding tert-OH is 1. The van der Waals surface area contributed by atoms with Gasteiger partial charge in [0.1, 0.15) is 5.52 Å². The van der Waals surface area contributed by atoms with Crippen molar-refractivity contribution in [3.05, 3.63) is 24.6 Å². The minimum absolute atomic E-state index is 0.0194. The van der Waals surface area contributed by atoms with E-state index in [-0.39, 0.29) is 17.0 Å². The van der Waals surface area contributed by atoms with E-state index in [1.54, 1.807) is 0 Å². The van der Waals surface area contributed by atoms with Crippen molar-refractivity contribution >= 4 is 40.4 Å². The van der Waals surface area contributed by atoms with Gasteiger partial charge in [0.2, 0.25) is 0 Å². The summed E-state index contributed by atoms with van der Waals surface area (Å²) < 4.78 is 60.7. The van der Waals surface area contributed by atoms with Crippen LogP contribution in [0, 0.1) is 17.9 Å². The van der Waals surface area contributed by atoms with Crippen LogP contribution in [0.1, 0.15) is 6.04 Å². The van der Waals surface area contributed by atoms with E-state index in [1.165, 1.54) is 10.9 Å². The fourth-order valence-corrected chi connectivity index (χ4v) is 6.35. The predicted octanol–water partition coefficient (Wildman–Crippen LogP) is 0.226. The van der Waals surface area contributed by atoms with Gasteiger partial charge in [-0.05, 0) is 5.57 Å². The highest BCUT2D eigenvalue weighted by Crippen LogP contribution is 2.66. The lowest BCUT2D eigenvalue weighted by Crippen LogP contribution is -2.45. The van der Waals surface area contributed by atoms with E-state index in [2.05, 4.69) is 34.7 Å². The summed E-state index contributed by atoms with van der Waals surface area (Å²) in [6.45, 7) is 2.66. The maximum Gasteiger partial charge on any atom is 0.490 e. The second-order valence-electron chi connectivity index (χ2n) is 6.56. The monoisotopic (exact) mass is 519 g/mol. The number of halogens is 1. The summed E-state index contributed by atoms with van der Waals surface area (Å²) in [4.78, 5) is 46.8. The molecule has 0 aromatic carbocycles. The first-order valence-electron chi connectivity index (χ1n) is 8.37. The van der Waals surface area contributed by atoms with E-state index < -0.39 is 60.6 Å². The zero-order valence-corrected chi connectivity index (χ0v) is 18.4. The molecule has 16 nitrogen and oxygen atoms in total. The van der Waals surface area contributed by atoms with Gasteiger partial charge in [-0.25, -0.2) is 18.7 Å². The molecular formula is C12H17FN5O11P3. The summed E-state index contributed by atoms with van der Waals surface area (Å²) in [5.41, 5.74) is 6.07. The van der Waals surface area contributed by atoms with Crippen LogP contribution in [0.4, 0.5) is 10.2 Å². The average molecular weight is 519 g/mol. The first-order chi connectivity index (χ1) is 14.6. The molecular weight excluding hydrogens is 502 g/mol. The molecule has 0 aliphatic heterocycles. The van der Waals surface area contributed by atoms with Crippen LogP contribution in [0.5, 0.6) is 0 Å². The Morgan fingerprint density at radius 2 is 1.81 bits per heavy atom. The second kappa shape index (κ2) is 8.63. The third kappa shape index (κ3) is 5.30. The van der Waals surface area contributed by atoms with Crippen LogP contribution in [0.25, 0.3) is 11.2 Å². The van der Waals surface area contributed by atoms with Gasteiger partial charge in [0.15, 0.2) is 11.5 Å². The molecule has 0 radical (unpaired) electrons. The van der Waals surface area contributed by atoms with Gasteiger partial charge >= 0.3 is 29.5 Å². The van der Waals surface area contributed by atoms with E-state index in [0.29, 0.717) is 5.57 Å². The van der Waals surface area contributed by atoms with Gasteiger partial charge in [-0.2, -0.15) is 23.0 Å². The summed E-state index contributed by atoms with van der Waals surface area (Å²) in [7, 11) is -16.5. The molecule has 2 aromatic heterocycles. The first-order valence-corrected chi connectivity index (χ1v) is 12.9. The fraction of sp³-hybridized carbons (Fsp3) is 0.417. The minimum atomic E-state index is -5.66. The van der Waals surface area contributed by atoms with Crippen molar-refractivity contribution in [2.75, 3.05) is 18.9 Å². The number of phosphoric acid groups is 3. The Labute approximate surface area is 178 Å². The lowest BCUT2D eigenvalue weighted by Gasteiger charge is -2.46. The smallest absolute Gasteiger partial charge is 0.396 e. The number of fused-ring (bicyclic) bond motifs is 1. The highest BCUT2D eigenvalue weighted by atomic mass is 31.3. The van der Waals surface area contributed by atoms with Crippen LogP contribution in [-0.4, -0.2) is 57.4 Å². The third-order valence-electron chi connectivity index (χ3n) is 4.54. The maximum atomic E-state index is 13.6. The standard InChI is InChI=1S/C12H17FN5O11P3/c1-5-7(3-27-31(23,24)29-32(25,26)28-30(20,21)22)6(2-19)9(5)18-4-15-8-10(14)16-12(13)17-11(8)18/h4,6-7,9,19H,1-3H2,(H,23,24)(H,25,26)(H2,14,16,17)(H2,20,21,22)/t6-,7+,9-/m1/s1. The molecule has 0 bridgehead atoms. The van der Waals surface area contributed by atoms with Gasteiger partial charge in [0, 0.05) is 18.4 Å². The molecule has 3 rings (SSSR count). The lowest BCUT2D eigenvalue weighted by molar-refractivity contribution is 0.0500. The summed E-state index contributed by atoms with van der Waals surface area (Å²) in [5, 5.41) is 9.75. The van der Waals surface area contributed by atoms with Crippen LogP contribution in [0.3, 0.4) is 0 Å². The Balaban J connectivity index is 1.73. The second-order valence-corrected chi connectivity index (χ2v) is 11.0. The van der Waals surface area contributed by atoms with Crippen molar-refractivity contribution in [2.45, 2.75) is 6.04 Å². The van der Waals surface area contributed by atoms with Gasteiger partial charge in [-0.1, -0.05) is 6.58 Å². The molecule has 2 aromatic rings. The molecule has 0 saturated heterocycles. The normalized spacial score (nSPS) is 25.3. The fourth-order valence-electron chi connectivity index (χ4n) is 3.31. The van der Waals surface area contributed by atoms with Crippen molar-refractivity contribution in [1.29, 1.82) is 0 Å². The van der Waals surface area contributed by atoms with Gasteiger partial charge in [0.05, 0.1) is 19.0 Å². The van der Waals surface area contributed by atoms with Crippen LogP contribution < -0.4 is 5.73 Å². The van der Waals surface area contributed by atoms with Crippen LogP contribution >= 0.6 is 23.5 Å². The Kier molecular flexibility index (Phi) is 6.75. The maximum absolute atomic E-state index is 13.6. The molecule has 1 saturated carbocycles. The highest BCUT2D eigenvalue weighted by molar-refractivity contribution is 7.66. The zero-order chi connectivity index (χ0) is 24.1. The van der Waals surface area contributed by atoms with Crippen LogP contribution in [0.15, 0.2) is 18.5 Å². The molecule has 2 heterocycles. The van der Waals surface area contributed by atoms with Gasteiger partial charge in [0.25, 0.3) is 0 Å². The SMILES string of the molecule is C=C1[C@@H](n2cnc3c(N)nc(F)nc32)[C@H](CO)[C@H]1COP(=O)(O)OP(=O)(O)OP(=O)(O)O. The summed E-state index contributed by atoms with van der Waals surface area (Å²) in [5.74, 6) is -1.69. The Hall–Kier alpha value is -1.61. The molecule has 1 fully saturated rings. The average Bonchev–Trinajstić information content (AvgIpc) is 2.99. The third-order valence-corrected chi connectivity index (χ3v) is 8.35. The van der Waals surface area contributed by atoms with Crippen molar-refractivity contribution in [3.63, 3.8) is 0 Å². The molecule has 1 aliphatic rings. The topological polar surface area (TPSA) is 250 Å². The molecule has 7 N–H and O–H groups in total. The van der Waals surface area contributed by atoms with Crippen molar-refractivity contribution < 1.29 is 55.9 Å². The number of aliphatic hydroxyl groups is 1. The van der Waals surface area contributed by atoms with E-state index in [0.717, 1.165) is 0 Å². The van der Waals surface area contributed by atoms with E-state index in [4.69, 9.17) is 15.5 Å². The number of anilines is 1. The number of hydrogen-bond donors (Lipinski definition) is 6. The molecule has 32 heavy (non-hydrogen) atoms. The molecule has 0 amide bonds. The first kappa shape index (κ1) is 25.0. The Morgan fingerprint density at radius 3 is 2.41 bits per heavy atom. The Bertz CT molecular complexity index is 1200. The molecule has 20 heteroatoms. The van der Waals surface area contributed by atoms with E-state index >= 15 is 0 Å². The zero-order valence-electron chi connectivity index (χ0n) is 15.7. The van der Waals surface area contributed by atoms with E-state index in [1.807, 2.05) is 0 Å². The number of hydrogen-bond acceptors (Lipinski definition) is 11. The van der Waals surface area contributed by atoms with Crippen LogP contribution in [0.2, 0.25) is 0 Å². The van der Waals surface area contributed by atoms with Crippen molar-refractivity contribution in [2.24, 2.45) is 11.8 Å². The summed E-state index contributed by atoms with van der Waals surface area (Å²) in [6, 6.07) is -0.687. The number of imidazole rings is 1. The van der Waals surface area contributed by atoms with Crippen molar-refractivity contribution in [1.82, 2.24) is 19.5 Å². The summed E-state index contributed by atoms with van der Waals surface area (Å²) in [6.07, 6.45) is 0.165. The number of nitrogen functional groups attached to an aromatic ring is 1. The summed E-state index contributed by atoms with van der Waals surface area (Å²) >= 11 is 0. The van der Waals surface area contributed by atoms with Gasteiger partial charge < -0.3 is 35.0 Å². The van der Waals surface area contributed by atoms with Crippen LogP contribution in [-0.2, 0) is 26.8 Å². The molecule has 178 valence electrons. The molecule has 0 spiro atoms. The number of nitrogens with zero attached hydrogens (tertiary/aromatic N) is 4. The molecule has 2 unspecified atom stereocenters. The quantitative estimate of drug-likeness (QED) is 0.147. The molecule has 1 aliphatic carbocycles. The van der Waals surface area contributed by atoms with Gasteiger partial charge in [-0.3, -0.25) is 4.52 Å². The lowest BCUT2D eigenvalue weighted by atomic mass is 9.66. The number of nitrogens with two attached hydrogens (primary N) is 1. The Morgan fingerprint density at radius 1 is 1.16 bits per heavy atom. The van der Waals surface area contributed by atoms with Crippen molar-refractivity contribution in [3.8, 4) is 0 Å². The van der Waals surface area contributed by atoms with E-state index in [9.17, 15) is 33.0 Å². The highest BCUT2D eigenvalue weighted by Gasteiger charge is 2.48.